The van der Waals surface area contributed by atoms with Crippen molar-refractivity contribution >= 4 is 0 Å². The van der Waals surface area contributed by atoms with Crippen LogP contribution in [0.2, 0.25) is 0 Å². The van der Waals surface area contributed by atoms with Gasteiger partial charge < -0.3 is 0 Å². The Kier molecular flexibility index (Phi) is 3.52. The van der Waals surface area contributed by atoms with Gasteiger partial charge in [-0.1, -0.05) is 6.92 Å². The van der Waals surface area contributed by atoms with E-state index in [1.54, 1.807) is 0 Å². The summed E-state index contributed by atoms with van der Waals surface area (Å²) < 4.78 is 0. The predicted molar refractivity (Wildman–Crippen MR) is 46.0 cm³/mol. The van der Waals surface area contributed by atoms with Crippen molar-refractivity contribution in [3.05, 3.63) is 6.92 Å². The molecule has 0 atom stereocenters. The Hall–Kier alpha value is -0.0800. The summed E-state index contributed by atoms with van der Waals surface area (Å²) in [6, 6.07) is 0. The van der Waals surface area contributed by atoms with E-state index in [1.165, 1.54) is 0 Å². The highest BCUT2D eigenvalue weighted by Gasteiger charge is 2.21. The summed E-state index contributed by atoms with van der Waals surface area (Å²) in [5, 5.41) is 0. The largest absolute Gasteiger partial charge is 0.230 e. The summed E-state index contributed by atoms with van der Waals surface area (Å²) in [6.07, 6.45) is 0.920. The van der Waals surface area contributed by atoms with E-state index in [0.29, 0.717) is 0 Å². The van der Waals surface area contributed by atoms with Crippen LogP contribution in [-0.4, -0.2) is 11.2 Å². The molecule has 0 heterocycles. The van der Waals surface area contributed by atoms with Crippen LogP contribution in [0.3, 0.4) is 0 Å². The van der Waals surface area contributed by atoms with E-state index in [2.05, 4.69) is 13.8 Å². The second-order valence-corrected chi connectivity index (χ2v) is 4.04. The lowest BCUT2D eigenvalue weighted by Crippen LogP contribution is -2.30. The number of hydrogen-bond acceptors (Lipinski definition) is 2. The zero-order chi connectivity index (χ0) is 9.12. The predicted octanol–water partition coefficient (Wildman–Crippen LogP) is 2.74. The third kappa shape index (κ3) is 6.32. The molecule has 0 aliphatic heterocycles. The number of hydrogen-bond donors (Lipinski definition) is 0. The van der Waals surface area contributed by atoms with E-state index < -0.39 is 5.60 Å². The van der Waals surface area contributed by atoms with Crippen LogP contribution in [0.25, 0.3) is 0 Å². The molecule has 0 unspecified atom stereocenters. The first-order chi connectivity index (χ1) is 4.77. The van der Waals surface area contributed by atoms with Gasteiger partial charge in [0.05, 0.1) is 11.2 Å². The molecular weight excluding hydrogens is 140 g/mol. The Labute approximate surface area is 69.8 Å². The highest BCUT2D eigenvalue weighted by molar-refractivity contribution is 4.69. The van der Waals surface area contributed by atoms with E-state index >= 15 is 0 Å². The van der Waals surface area contributed by atoms with Crippen LogP contribution in [0.1, 0.15) is 41.0 Å². The fourth-order valence-electron chi connectivity index (χ4n) is 0.285. The maximum Gasteiger partial charge on any atom is 0.0981 e. The Morgan fingerprint density at radius 2 is 1.55 bits per heavy atom. The van der Waals surface area contributed by atoms with Crippen LogP contribution in [0.4, 0.5) is 0 Å². The Morgan fingerprint density at radius 1 is 1.09 bits per heavy atom. The molecule has 0 aliphatic rings. The monoisotopic (exact) mass is 159 g/mol. The van der Waals surface area contributed by atoms with Gasteiger partial charge in [0.1, 0.15) is 0 Å². The minimum Gasteiger partial charge on any atom is -0.230 e. The second kappa shape index (κ2) is 3.55. The van der Waals surface area contributed by atoms with Gasteiger partial charge in [0.15, 0.2) is 0 Å². The number of rotatable bonds is 4. The molecule has 67 valence electrons. The van der Waals surface area contributed by atoms with E-state index in [0.717, 1.165) is 6.42 Å². The van der Waals surface area contributed by atoms with E-state index in [4.69, 9.17) is 9.78 Å². The SMILES string of the molecule is [CH2]C(C)(C)OOC(C)(C)CC. The molecule has 0 bridgehead atoms. The van der Waals surface area contributed by atoms with Crippen LogP contribution >= 0.6 is 0 Å². The maximum atomic E-state index is 5.18. The highest BCUT2D eigenvalue weighted by Crippen LogP contribution is 2.18. The fraction of sp³-hybridized carbons (Fsp3) is 0.889. The van der Waals surface area contributed by atoms with Crippen LogP contribution < -0.4 is 0 Å². The minimum absolute atomic E-state index is 0.213. The quantitative estimate of drug-likeness (QED) is 0.464. The molecule has 0 saturated carbocycles. The van der Waals surface area contributed by atoms with Crippen molar-refractivity contribution in [1.82, 2.24) is 0 Å². The molecule has 0 saturated heterocycles. The van der Waals surface area contributed by atoms with Crippen LogP contribution in [0.5, 0.6) is 0 Å². The van der Waals surface area contributed by atoms with Gasteiger partial charge in [-0.2, -0.15) is 0 Å². The summed E-state index contributed by atoms with van der Waals surface area (Å²) in [6.45, 7) is 13.5. The van der Waals surface area contributed by atoms with Crippen LogP contribution in [0, 0.1) is 6.92 Å². The fourth-order valence-corrected chi connectivity index (χ4v) is 0.285. The summed E-state index contributed by atoms with van der Waals surface area (Å²) in [5.41, 5.74) is -0.679. The van der Waals surface area contributed by atoms with Crippen molar-refractivity contribution in [1.29, 1.82) is 0 Å². The topological polar surface area (TPSA) is 18.5 Å². The van der Waals surface area contributed by atoms with Gasteiger partial charge in [-0.25, -0.2) is 9.78 Å². The molecule has 0 N–H and O–H groups in total. The maximum absolute atomic E-state index is 5.18. The zero-order valence-corrected chi connectivity index (χ0v) is 8.23. The van der Waals surface area contributed by atoms with Gasteiger partial charge in [-0.15, -0.1) is 0 Å². The third-order valence-electron chi connectivity index (χ3n) is 1.34. The molecule has 0 aliphatic carbocycles. The van der Waals surface area contributed by atoms with Gasteiger partial charge in [0.25, 0.3) is 0 Å². The standard InChI is InChI=1S/C9H19O2/c1-7-9(5,6)11-10-8(2,3)4/h2,7H2,1,3-6H3. The van der Waals surface area contributed by atoms with Gasteiger partial charge in [-0.3, -0.25) is 0 Å². The van der Waals surface area contributed by atoms with Gasteiger partial charge >= 0.3 is 0 Å². The van der Waals surface area contributed by atoms with Crippen LogP contribution in [0.15, 0.2) is 0 Å². The molecule has 0 fully saturated rings. The molecule has 0 amide bonds. The van der Waals surface area contributed by atoms with Crippen molar-refractivity contribution in [2.24, 2.45) is 0 Å². The summed E-state index contributed by atoms with van der Waals surface area (Å²) in [7, 11) is 0. The zero-order valence-electron chi connectivity index (χ0n) is 8.23. The molecular formula is C9H19O2. The Bertz CT molecular complexity index is 111. The lowest BCUT2D eigenvalue weighted by Gasteiger charge is -2.27. The molecule has 0 aromatic carbocycles. The minimum atomic E-state index is -0.466. The lowest BCUT2D eigenvalue weighted by molar-refractivity contribution is -0.391. The molecule has 0 rings (SSSR count). The first kappa shape index (κ1) is 10.9. The molecule has 2 nitrogen and oxygen atoms in total. The first-order valence-corrected chi connectivity index (χ1v) is 3.99. The Morgan fingerprint density at radius 3 is 1.82 bits per heavy atom. The van der Waals surface area contributed by atoms with E-state index in [9.17, 15) is 0 Å². The van der Waals surface area contributed by atoms with Gasteiger partial charge in [0.2, 0.25) is 0 Å². The van der Waals surface area contributed by atoms with Crippen molar-refractivity contribution in [3.8, 4) is 0 Å². The lowest BCUT2D eigenvalue weighted by atomic mass is 10.1. The average Bonchev–Trinajstić information content (AvgIpc) is 1.83. The summed E-state index contributed by atoms with van der Waals surface area (Å²) >= 11 is 0. The van der Waals surface area contributed by atoms with E-state index in [-0.39, 0.29) is 5.60 Å². The van der Waals surface area contributed by atoms with Crippen molar-refractivity contribution < 1.29 is 9.78 Å². The average molecular weight is 159 g/mol. The molecule has 2 heteroatoms. The molecule has 0 spiro atoms. The van der Waals surface area contributed by atoms with Gasteiger partial charge in [0, 0.05) is 0 Å². The first-order valence-electron chi connectivity index (χ1n) is 3.99. The summed E-state index contributed by atoms with van der Waals surface area (Å²) in [5.74, 6) is 0. The van der Waals surface area contributed by atoms with Gasteiger partial charge in [-0.05, 0) is 41.0 Å². The van der Waals surface area contributed by atoms with Crippen molar-refractivity contribution in [2.75, 3.05) is 0 Å². The van der Waals surface area contributed by atoms with E-state index in [1.807, 2.05) is 27.7 Å². The normalized spacial score (nSPS) is 13.6. The molecule has 11 heavy (non-hydrogen) atoms. The molecule has 0 aromatic rings. The third-order valence-corrected chi connectivity index (χ3v) is 1.34. The molecule has 1 radical (unpaired) electrons. The summed E-state index contributed by atoms with van der Waals surface area (Å²) in [4.78, 5) is 10.3. The van der Waals surface area contributed by atoms with Crippen molar-refractivity contribution in [2.45, 2.75) is 52.2 Å². The van der Waals surface area contributed by atoms with Crippen LogP contribution in [-0.2, 0) is 9.78 Å². The molecule has 0 aromatic heterocycles. The second-order valence-electron chi connectivity index (χ2n) is 4.04. The Balaban J connectivity index is 3.70. The highest BCUT2D eigenvalue weighted by atomic mass is 17.2. The van der Waals surface area contributed by atoms with Crippen molar-refractivity contribution in [3.63, 3.8) is 0 Å². The smallest absolute Gasteiger partial charge is 0.0981 e.